The van der Waals surface area contributed by atoms with Crippen molar-refractivity contribution in [3.8, 4) is 0 Å². The number of anilines is 1. The average Bonchev–Trinajstić information content (AvgIpc) is 3.18. The van der Waals surface area contributed by atoms with Crippen molar-refractivity contribution in [2.24, 2.45) is 0 Å². The third-order valence-corrected chi connectivity index (χ3v) is 6.27. The Kier molecular flexibility index (Phi) is 3.50. The molecule has 0 radical (unpaired) electrons. The van der Waals surface area contributed by atoms with Gasteiger partial charge in [0.15, 0.2) is 9.84 Å². The Bertz CT molecular complexity index is 576. The smallest absolute Gasteiger partial charge is 0.151 e. The normalized spacial score (nSPS) is 25.0. The summed E-state index contributed by atoms with van der Waals surface area (Å²) in [5.41, 5.74) is 8.13. The van der Waals surface area contributed by atoms with E-state index < -0.39 is 9.84 Å². The predicted molar refractivity (Wildman–Crippen MR) is 81.5 cm³/mol. The molecule has 4 nitrogen and oxygen atoms in total. The van der Waals surface area contributed by atoms with E-state index in [-0.39, 0.29) is 5.41 Å². The molecule has 1 aliphatic heterocycles. The molecule has 0 amide bonds. The quantitative estimate of drug-likeness (QED) is 0.856. The zero-order valence-electron chi connectivity index (χ0n) is 11.7. The van der Waals surface area contributed by atoms with Gasteiger partial charge >= 0.3 is 0 Å². The molecule has 1 heterocycles. The van der Waals surface area contributed by atoms with Gasteiger partial charge in [0.05, 0.1) is 11.5 Å². The van der Waals surface area contributed by atoms with Crippen LogP contribution in [0.1, 0.15) is 24.8 Å². The molecule has 1 aliphatic carbocycles. The highest BCUT2D eigenvalue weighted by atomic mass is 32.2. The number of nitrogens with zero attached hydrogens (tertiary/aromatic N) is 1. The minimum absolute atomic E-state index is 0.238. The van der Waals surface area contributed by atoms with E-state index in [9.17, 15) is 8.42 Å². The van der Waals surface area contributed by atoms with Crippen molar-refractivity contribution in [1.29, 1.82) is 0 Å². The van der Waals surface area contributed by atoms with Crippen LogP contribution in [0, 0.1) is 0 Å². The van der Waals surface area contributed by atoms with Gasteiger partial charge in [0.1, 0.15) is 0 Å². The van der Waals surface area contributed by atoms with E-state index in [1.54, 1.807) is 0 Å². The summed E-state index contributed by atoms with van der Waals surface area (Å²) < 4.78 is 23.3. The largest absolute Gasteiger partial charge is 0.399 e. The molecule has 2 aliphatic rings. The van der Waals surface area contributed by atoms with Gasteiger partial charge in [0.2, 0.25) is 0 Å². The van der Waals surface area contributed by atoms with Gasteiger partial charge in [0.25, 0.3) is 0 Å². The first-order valence-corrected chi connectivity index (χ1v) is 9.10. The lowest BCUT2D eigenvalue weighted by Gasteiger charge is -2.26. The number of benzene rings is 1. The fraction of sp³-hybridized carbons (Fsp3) is 0.600. The van der Waals surface area contributed by atoms with E-state index in [0.717, 1.165) is 25.2 Å². The van der Waals surface area contributed by atoms with Gasteiger partial charge in [-0.25, -0.2) is 8.42 Å². The average molecular weight is 294 g/mol. The van der Waals surface area contributed by atoms with Crippen molar-refractivity contribution >= 4 is 15.5 Å². The van der Waals surface area contributed by atoms with Crippen LogP contribution in [-0.4, -0.2) is 44.5 Å². The highest BCUT2D eigenvalue weighted by molar-refractivity contribution is 7.91. The maximum Gasteiger partial charge on any atom is 0.151 e. The molecule has 0 atom stereocenters. The van der Waals surface area contributed by atoms with Gasteiger partial charge in [-0.2, -0.15) is 0 Å². The van der Waals surface area contributed by atoms with E-state index in [0.29, 0.717) is 18.1 Å². The lowest BCUT2D eigenvalue weighted by molar-refractivity contribution is 0.267. The molecule has 5 heteroatoms. The van der Waals surface area contributed by atoms with Crippen molar-refractivity contribution < 1.29 is 8.42 Å². The second-order valence-electron chi connectivity index (χ2n) is 6.18. The summed E-state index contributed by atoms with van der Waals surface area (Å²) in [4.78, 5) is 2.33. The number of sulfone groups is 1. The van der Waals surface area contributed by atoms with Crippen LogP contribution in [0.3, 0.4) is 0 Å². The first-order valence-electron chi connectivity index (χ1n) is 7.28. The van der Waals surface area contributed by atoms with Crippen LogP contribution in [0.25, 0.3) is 0 Å². The zero-order chi connectivity index (χ0) is 14.2. The number of hydrogen-bond acceptors (Lipinski definition) is 4. The molecular weight excluding hydrogens is 272 g/mol. The molecule has 3 rings (SSSR count). The molecular formula is C15H22N2O2S. The SMILES string of the molecule is Nc1ccc(C2(CN3CCCS(=O)(=O)CC3)CC2)cc1. The summed E-state index contributed by atoms with van der Waals surface area (Å²) in [6, 6.07) is 8.17. The maximum absolute atomic E-state index is 11.7. The van der Waals surface area contributed by atoms with Crippen LogP contribution in [0.4, 0.5) is 5.69 Å². The summed E-state index contributed by atoms with van der Waals surface area (Å²) >= 11 is 0. The topological polar surface area (TPSA) is 63.4 Å². The Balaban J connectivity index is 1.69. The van der Waals surface area contributed by atoms with Crippen LogP contribution in [0.5, 0.6) is 0 Å². The molecule has 0 bridgehead atoms. The molecule has 1 saturated heterocycles. The lowest BCUT2D eigenvalue weighted by atomic mass is 9.95. The highest BCUT2D eigenvalue weighted by Crippen LogP contribution is 2.48. The first kappa shape index (κ1) is 13.9. The first-order chi connectivity index (χ1) is 9.49. The van der Waals surface area contributed by atoms with Gasteiger partial charge in [-0.15, -0.1) is 0 Å². The summed E-state index contributed by atoms with van der Waals surface area (Å²) in [6.07, 6.45) is 3.15. The van der Waals surface area contributed by atoms with Crippen LogP contribution in [0.2, 0.25) is 0 Å². The maximum atomic E-state index is 11.7. The van der Waals surface area contributed by atoms with Crippen LogP contribution >= 0.6 is 0 Å². The van der Waals surface area contributed by atoms with E-state index in [4.69, 9.17) is 5.73 Å². The standard InChI is InChI=1S/C15H22N2O2S/c16-14-4-2-13(3-5-14)15(6-7-15)12-17-8-1-10-20(18,19)11-9-17/h2-5H,1,6-12,16H2. The van der Waals surface area contributed by atoms with Crippen LogP contribution in [-0.2, 0) is 15.3 Å². The van der Waals surface area contributed by atoms with Crippen molar-refractivity contribution in [3.05, 3.63) is 29.8 Å². The minimum Gasteiger partial charge on any atom is -0.399 e. The number of nitrogen functional groups attached to an aromatic ring is 1. The zero-order valence-corrected chi connectivity index (χ0v) is 12.5. The fourth-order valence-corrected chi connectivity index (χ4v) is 4.41. The number of nitrogens with two attached hydrogens (primary N) is 1. The van der Waals surface area contributed by atoms with E-state index in [1.165, 1.54) is 18.4 Å². The van der Waals surface area contributed by atoms with Crippen molar-refractivity contribution in [3.63, 3.8) is 0 Å². The van der Waals surface area contributed by atoms with Crippen molar-refractivity contribution in [1.82, 2.24) is 4.90 Å². The Morgan fingerprint density at radius 1 is 1.10 bits per heavy atom. The molecule has 0 spiro atoms. The highest BCUT2D eigenvalue weighted by Gasteiger charge is 2.45. The molecule has 2 N–H and O–H groups in total. The van der Waals surface area contributed by atoms with Gasteiger partial charge in [-0.3, -0.25) is 0 Å². The molecule has 110 valence electrons. The van der Waals surface area contributed by atoms with Gasteiger partial charge in [-0.05, 0) is 43.5 Å². The monoisotopic (exact) mass is 294 g/mol. The second kappa shape index (κ2) is 5.04. The van der Waals surface area contributed by atoms with E-state index in [2.05, 4.69) is 17.0 Å². The minimum atomic E-state index is -2.82. The van der Waals surface area contributed by atoms with Crippen LogP contribution < -0.4 is 5.73 Å². The molecule has 1 saturated carbocycles. The van der Waals surface area contributed by atoms with Crippen molar-refractivity contribution in [2.75, 3.05) is 36.9 Å². The van der Waals surface area contributed by atoms with E-state index in [1.807, 2.05) is 12.1 Å². The molecule has 1 aromatic carbocycles. The van der Waals surface area contributed by atoms with Gasteiger partial charge in [-0.1, -0.05) is 12.1 Å². The molecule has 20 heavy (non-hydrogen) atoms. The van der Waals surface area contributed by atoms with E-state index >= 15 is 0 Å². The predicted octanol–water partition coefficient (Wildman–Crippen LogP) is 1.42. The molecule has 0 aromatic heterocycles. The Morgan fingerprint density at radius 2 is 1.80 bits per heavy atom. The van der Waals surface area contributed by atoms with Crippen LogP contribution in [0.15, 0.2) is 24.3 Å². The third-order valence-electron chi connectivity index (χ3n) is 4.55. The van der Waals surface area contributed by atoms with Gasteiger partial charge < -0.3 is 10.6 Å². The van der Waals surface area contributed by atoms with Crippen molar-refractivity contribution in [2.45, 2.75) is 24.7 Å². The number of rotatable bonds is 3. The molecule has 1 aromatic rings. The Labute approximate surface area is 120 Å². The third kappa shape index (κ3) is 2.99. The summed E-state index contributed by atoms with van der Waals surface area (Å²) in [5.74, 6) is 0.656. The fourth-order valence-electron chi connectivity index (χ4n) is 3.10. The lowest BCUT2D eigenvalue weighted by Crippen LogP contribution is -2.34. The second-order valence-corrected chi connectivity index (χ2v) is 8.49. The summed E-state index contributed by atoms with van der Waals surface area (Å²) in [5, 5.41) is 0. The number of hydrogen-bond donors (Lipinski definition) is 1. The molecule has 2 fully saturated rings. The molecule has 0 unspecified atom stereocenters. The summed E-state index contributed by atoms with van der Waals surface area (Å²) in [7, 11) is -2.82. The Hall–Kier alpha value is -1.07. The Morgan fingerprint density at radius 3 is 2.45 bits per heavy atom. The summed E-state index contributed by atoms with van der Waals surface area (Å²) in [6.45, 7) is 2.56. The van der Waals surface area contributed by atoms with Gasteiger partial charge in [0, 0.05) is 24.2 Å².